The maximum absolute atomic E-state index is 5.94. The van der Waals surface area contributed by atoms with Crippen LogP contribution in [0.5, 0.6) is 5.75 Å². The van der Waals surface area contributed by atoms with Crippen molar-refractivity contribution in [1.29, 1.82) is 0 Å². The highest BCUT2D eigenvalue weighted by atomic mass is 16.5. The normalized spacial score (nSPS) is 17.7. The van der Waals surface area contributed by atoms with E-state index in [0.29, 0.717) is 12.6 Å². The molecule has 4 rings (SSSR count). The van der Waals surface area contributed by atoms with Gasteiger partial charge in [0.15, 0.2) is 0 Å². The summed E-state index contributed by atoms with van der Waals surface area (Å²) in [6, 6.07) is 8.76. The second-order valence-electron chi connectivity index (χ2n) is 7.56. The average Bonchev–Trinajstić information content (AvgIpc) is 3.03. The van der Waals surface area contributed by atoms with Crippen LogP contribution < -0.4 is 15.4 Å². The van der Waals surface area contributed by atoms with Gasteiger partial charge in [0.05, 0.1) is 10.7 Å². The van der Waals surface area contributed by atoms with Crippen molar-refractivity contribution in [3.63, 3.8) is 0 Å². The molecule has 27 heavy (non-hydrogen) atoms. The van der Waals surface area contributed by atoms with Crippen LogP contribution in [0.4, 0.5) is 0 Å². The fourth-order valence-electron chi connectivity index (χ4n) is 4.09. The van der Waals surface area contributed by atoms with E-state index in [-0.39, 0.29) is 0 Å². The van der Waals surface area contributed by atoms with Gasteiger partial charge >= 0.3 is 0 Å². The highest BCUT2D eigenvalue weighted by molar-refractivity contribution is 5.57. The summed E-state index contributed by atoms with van der Waals surface area (Å²) in [4.78, 5) is 4.73. The first kappa shape index (κ1) is 17.8. The van der Waals surface area contributed by atoms with Crippen LogP contribution in [0.3, 0.4) is 0 Å². The van der Waals surface area contributed by atoms with Crippen LogP contribution in [0, 0.1) is 0 Å². The van der Waals surface area contributed by atoms with E-state index in [0.717, 1.165) is 40.7 Å². The molecule has 2 aliphatic rings. The molecule has 1 heterocycles. The molecule has 2 aromatic rings. The molecule has 0 saturated heterocycles. The van der Waals surface area contributed by atoms with Gasteiger partial charge < -0.3 is 9.30 Å². The van der Waals surface area contributed by atoms with Crippen LogP contribution in [0.1, 0.15) is 51.0 Å². The molecular weight excluding hydrogens is 332 g/mol. The zero-order chi connectivity index (χ0) is 18.6. The predicted octanol–water partition coefficient (Wildman–Crippen LogP) is 4.53. The van der Waals surface area contributed by atoms with Crippen LogP contribution >= 0.6 is 0 Å². The first-order valence-corrected chi connectivity index (χ1v) is 10.1. The van der Waals surface area contributed by atoms with E-state index in [9.17, 15) is 0 Å². The first-order valence-electron chi connectivity index (χ1n) is 10.1. The number of nitrogens with zero attached hydrogens (tertiary/aromatic N) is 2. The lowest BCUT2D eigenvalue weighted by Crippen LogP contribution is -2.31. The summed E-state index contributed by atoms with van der Waals surface area (Å²) in [5.41, 5.74) is 2.35. The summed E-state index contributed by atoms with van der Waals surface area (Å²) in [5, 5.41) is 1.74. The summed E-state index contributed by atoms with van der Waals surface area (Å²) in [6.07, 6.45) is 15.2. The molecule has 2 aliphatic carbocycles. The maximum Gasteiger partial charge on any atom is 0.141 e. The highest BCUT2D eigenvalue weighted by Gasteiger charge is 2.20. The zero-order valence-electron chi connectivity index (χ0n) is 16.0. The van der Waals surface area contributed by atoms with Crippen molar-refractivity contribution in [3.8, 4) is 17.1 Å². The molecule has 140 valence electrons. The molecule has 0 bridgehead atoms. The van der Waals surface area contributed by atoms with E-state index >= 15 is 0 Å². The van der Waals surface area contributed by atoms with E-state index in [2.05, 4.69) is 48.1 Å². The van der Waals surface area contributed by atoms with E-state index in [1.165, 1.54) is 37.7 Å². The predicted molar refractivity (Wildman–Crippen MR) is 112 cm³/mol. The average molecular weight is 361 g/mol. The molecule has 1 aromatic heterocycles. The van der Waals surface area contributed by atoms with Gasteiger partial charge in [-0.3, -0.25) is 0 Å². The summed E-state index contributed by atoms with van der Waals surface area (Å²) in [7, 11) is 0. The van der Waals surface area contributed by atoms with Gasteiger partial charge in [0.1, 0.15) is 18.2 Å². The molecule has 0 spiro atoms. The van der Waals surface area contributed by atoms with Crippen LogP contribution in [0.25, 0.3) is 24.5 Å². The Morgan fingerprint density at radius 2 is 1.81 bits per heavy atom. The number of hydrogen-bond donors (Lipinski definition) is 0. The third-order valence-electron chi connectivity index (χ3n) is 5.62. The minimum Gasteiger partial charge on any atom is -0.489 e. The third kappa shape index (κ3) is 3.92. The maximum atomic E-state index is 5.94. The highest BCUT2D eigenvalue weighted by Crippen LogP contribution is 2.30. The fraction of sp³-hybridized carbons (Fsp3) is 0.375. The summed E-state index contributed by atoms with van der Waals surface area (Å²) in [6.45, 7) is 8.95. The molecule has 0 N–H and O–H groups in total. The van der Waals surface area contributed by atoms with Gasteiger partial charge in [-0.15, -0.1) is 0 Å². The van der Waals surface area contributed by atoms with Gasteiger partial charge in [-0.05, 0) is 55.5 Å². The molecule has 1 saturated carbocycles. The Morgan fingerprint density at radius 3 is 2.52 bits per heavy atom. The first-order chi connectivity index (χ1) is 13.2. The van der Waals surface area contributed by atoms with Gasteiger partial charge in [0.25, 0.3) is 0 Å². The Labute approximate surface area is 161 Å². The molecule has 0 aliphatic heterocycles. The van der Waals surface area contributed by atoms with E-state index in [4.69, 9.17) is 9.72 Å². The molecule has 1 aromatic carbocycles. The lowest BCUT2D eigenvalue weighted by molar-refractivity contribution is 0.351. The number of allylic oxidation sites excluding steroid dienone is 2. The van der Waals surface area contributed by atoms with Gasteiger partial charge in [0, 0.05) is 11.6 Å². The standard InChI is InChI=1S/C24H28N2O/c1-18-19(2)26(22-11-7-4-8-12-22)24(25-18)21-13-15-23(16-14-21)27-17-20-9-5-3-6-10-20/h5,9-10,13-16,22H,1-4,6-8,11-12,17H2. The number of imidazole rings is 1. The van der Waals surface area contributed by atoms with Crippen LogP contribution in [0.2, 0.25) is 0 Å². The smallest absolute Gasteiger partial charge is 0.141 e. The van der Waals surface area contributed by atoms with Crippen LogP contribution in [0.15, 0.2) is 48.1 Å². The van der Waals surface area contributed by atoms with Crippen LogP contribution in [-0.4, -0.2) is 16.2 Å². The Kier molecular flexibility index (Phi) is 5.28. The fourth-order valence-corrected chi connectivity index (χ4v) is 4.09. The number of aromatic nitrogens is 2. The molecule has 0 radical (unpaired) electrons. The van der Waals surface area contributed by atoms with Crippen molar-refractivity contribution >= 4 is 13.2 Å². The van der Waals surface area contributed by atoms with E-state index in [1.54, 1.807) is 0 Å². The number of ether oxygens (including phenoxy) is 1. The van der Waals surface area contributed by atoms with E-state index in [1.807, 2.05) is 12.1 Å². The monoisotopic (exact) mass is 360 g/mol. The summed E-state index contributed by atoms with van der Waals surface area (Å²) in [5.74, 6) is 1.88. The Morgan fingerprint density at radius 1 is 1.04 bits per heavy atom. The summed E-state index contributed by atoms with van der Waals surface area (Å²) < 4.78 is 8.25. The quantitative estimate of drug-likeness (QED) is 0.783. The lowest BCUT2D eigenvalue weighted by Gasteiger charge is -2.25. The van der Waals surface area contributed by atoms with Gasteiger partial charge in [-0.25, -0.2) is 4.98 Å². The van der Waals surface area contributed by atoms with Crippen molar-refractivity contribution in [2.45, 2.75) is 51.0 Å². The molecule has 0 amide bonds. The van der Waals surface area contributed by atoms with Crippen molar-refractivity contribution in [2.75, 3.05) is 6.61 Å². The number of benzene rings is 1. The molecule has 3 nitrogen and oxygen atoms in total. The van der Waals surface area contributed by atoms with Crippen molar-refractivity contribution < 1.29 is 4.74 Å². The Hall–Kier alpha value is -2.55. The zero-order valence-corrected chi connectivity index (χ0v) is 16.0. The minimum atomic E-state index is 0.491. The van der Waals surface area contributed by atoms with Gasteiger partial charge in [-0.1, -0.05) is 50.6 Å². The van der Waals surface area contributed by atoms with Gasteiger partial charge in [0.2, 0.25) is 0 Å². The molecule has 0 unspecified atom stereocenters. The minimum absolute atomic E-state index is 0.491. The second-order valence-corrected chi connectivity index (χ2v) is 7.56. The molecular formula is C24H28N2O. The Balaban J connectivity index is 1.54. The van der Waals surface area contributed by atoms with Gasteiger partial charge in [-0.2, -0.15) is 0 Å². The Bertz CT molecular complexity index is 944. The topological polar surface area (TPSA) is 27.1 Å². The second kappa shape index (κ2) is 7.99. The van der Waals surface area contributed by atoms with Crippen molar-refractivity contribution in [1.82, 2.24) is 9.55 Å². The summed E-state index contributed by atoms with van der Waals surface area (Å²) >= 11 is 0. The molecule has 1 fully saturated rings. The largest absolute Gasteiger partial charge is 0.489 e. The third-order valence-corrected chi connectivity index (χ3v) is 5.62. The van der Waals surface area contributed by atoms with Crippen molar-refractivity contribution in [3.05, 3.63) is 58.8 Å². The van der Waals surface area contributed by atoms with Crippen LogP contribution in [-0.2, 0) is 0 Å². The molecule has 0 atom stereocenters. The molecule has 3 heteroatoms. The number of hydrogen-bond acceptors (Lipinski definition) is 2. The SMILES string of the molecule is C=c1nc(-c2ccc(OCC3=CCCC=C3)cc2)n(C2CCCCC2)c1=C. The number of rotatable bonds is 5. The van der Waals surface area contributed by atoms with Crippen molar-refractivity contribution in [2.24, 2.45) is 0 Å². The lowest BCUT2D eigenvalue weighted by atomic mass is 9.95. The van der Waals surface area contributed by atoms with E-state index < -0.39 is 0 Å².